The van der Waals surface area contributed by atoms with Crippen molar-refractivity contribution in [3.63, 3.8) is 0 Å². The van der Waals surface area contributed by atoms with E-state index in [1.165, 1.54) is 0 Å². The van der Waals surface area contributed by atoms with Crippen LogP contribution in [0.5, 0.6) is 0 Å². The van der Waals surface area contributed by atoms with Gasteiger partial charge in [0.1, 0.15) is 18.1 Å². The summed E-state index contributed by atoms with van der Waals surface area (Å²) < 4.78 is 0. The number of carbonyl (C=O) groups excluding carboxylic acids is 5. The van der Waals surface area contributed by atoms with Crippen molar-refractivity contribution in [2.75, 3.05) is 13.1 Å². The molecule has 4 atom stereocenters. The second-order valence-electron chi connectivity index (χ2n) is 8.37. The van der Waals surface area contributed by atoms with Crippen LogP contribution in [0.1, 0.15) is 57.8 Å². The van der Waals surface area contributed by atoms with Crippen molar-refractivity contribution < 1.29 is 33.9 Å². The Kier molecular flexibility index (Phi) is 16.4. The molecule has 0 spiro atoms. The van der Waals surface area contributed by atoms with Crippen molar-refractivity contribution in [2.24, 2.45) is 28.7 Å². The highest BCUT2D eigenvalue weighted by Gasteiger charge is 2.31. The van der Waals surface area contributed by atoms with Gasteiger partial charge in [0.2, 0.25) is 29.5 Å². The van der Waals surface area contributed by atoms with Gasteiger partial charge < -0.3 is 49.7 Å². The number of carboxylic acid groups (broad SMARTS) is 1. The smallest absolute Gasteiger partial charge is 0.326 e. The molecule has 0 saturated carbocycles. The fourth-order valence-corrected chi connectivity index (χ4v) is 3.17. The summed E-state index contributed by atoms with van der Waals surface area (Å²) in [4.78, 5) is 72.0. The number of unbranched alkanes of at least 4 members (excludes halogenated alkanes) is 2. The van der Waals surface area contributed by atoms with Crippen LogP contribution >= 0.6 is 0 Å². The summed E-state index contributed by atoms with van der Waals surface area (Å²) >= 11 is 0. The first-order valence-corrected chi connectivity index (χ1v) is 11.8. The van der Waals surface area contributed by atoms with E-state index in [2.05, 4.69) is 16.0 Å². The first kappa shape index (κ1) is 32.7. The zero-order chi connectivity index (χ0) is 27.7. The molecular formula is C21H40N8O7. The van der Waals surface area contributed by atoms with Crippen molar-refractivity contribution >= 4 is 35.5 Å². The second-order valence-corrected chi connectivity index (χ2v) is 8.37. The lowest BCUT2D eigenvalue weighted by Gasteiger charge is -2.25. The summed E-state index contributed by atoms with van der Waals surface area (Å²) in [6, 6.07) is -5.01. The molecule has 4 unspecified atom stereocenters. The Morgan fingerprint density at radius 3 is 1.58 bits per heavy atom. The van der Waals surface area contributed by atoms with Crippen LogP contribution in [-0.4, -0.2) is 77.9 Å². The minimum atomic E-state index is -1.46. The van der Waals surface area contributed by atoms with Gasteiger partial charge in [-0.05, 0) is 58.0 Å². The molecule has 5 amide bonds. The SMILES string of the molecule is NCCCCC(NC(=O)C(CCCCN)NC(=O)C(CC(N)=O)NC(=O)C(N)CCC(N)=O)C(=O)O. The van der Waals surface area contributed by atoms with E-state index < -0.39 is 66.1 Å². The maximum atomic E-state index is 12.9. The highest BCUT2D eigenvalue weighted by molar-refractivity contribution is 5.96. The average Bonchev–Trinajstić information content (AvgIpc) is 2.80. The fraction of sp³-hybridized carbons (Fsp3) is 0.714. The lowest BCUT2D eigenvalue weighted by molar-refractivity contribution is -0.142. The van der Waals surface area contributed by atoms with Crippen LogP contribution in [0.2, 0.25) is 0 Å². The van der Waals surface area contributed by atoms with Crippen LogP contribution < -0.4 is 44.6 Å². The van der Waals surface area contributed by atoms with Gasteiger partial charge in [0, 0.05) is 6.42 Å². The average molecular weight is 517 g/mol. The van der Waals surface area contributed by atoms with Gasteiger partial charge in [0.05, 0.1) is 12.5 Å². The number of nitrogens with two attached hydrogens (primary N) is 5. The lowest BCUT2D eigenvalue weighted by Crippen LogP contribution is -2.57. The Morgan fingerprint density at radius 2 is 1.11 bits per heavy atom. The third kappa shape index (κ3) is 14.2. The number of rotatable bonds is 20. The molecule has 0 heterocycles. The highest BCUT2D eigenvalue weighted by Crippen LogP contribution is 2.07. The van der Waals surface area contributed by atoms with Crippen LogP contribution in [-0.2, 0) is 28.8 Å². The number of primary amides is 2. The van der Waals surface area contributed by atoms with Gasteiger partial charge in [-0.15, -0.1) is 0 Å². The van der Waals surface area contributed by atoms with Crippen LogP contribution in [0.3, 0.4) is 0 Å². The molecule has 0 saturated heterocycles. The van der Waals surface area contributed by atoms with E-state index in [1.807, 2.05) is 0 Å². The van der Waals surface area contributed by atoms with E-state index in [4.69, 9.17) is 28.7 Å². The standard InChI is InChI=1S/C21H40N8O7/c22-9-3-1-5-13(19(33)28-14(21(35)36)6-2-4-10-23)27-20(34)15(11-17(26)31)29-18(32)12(24)7-8-16(25)30/h12-15H,1-11,22-24H2,(H2,25,30)(H2,26,31)(H,27,34)(H,28,33)(H,29,32)(H,35,36). The largest absolute Gasteiger partial charge is 0.480 e. The molecule has 0 aliphatic rings. The molecule has 0 aliphatic carbocycles. The molecule has 0 aromatic carbocycles. The van der Waals surface area contributed by atoms with Crippen LogP contribution in [0.25, 0.3) is 0 Å². The fourth-order valence-electron chi connectivity index (χ4n) is 3.17. The van der Waals surface area contributed by atoms with Gasteiger partial charge in [0.15, 0.2) is 0 Å². The lowest BCUT2D eigenvalue weighted by atomic mass is 10.0. The summed E-state index contributed by atoms with van der Waals surface area (Å²) in [5.74, 6) is -5.28. The van der Waals surface area contributed by atoms with Crippen molar-refractivity contribution in [3.05, 3.63) is 0 Å². The minimum Gasteiger partial charge on any atom is -0.480 e. The van der Waals surface area contributed by atoms with Crippen molar-refractivity contribution in [1.29, 1.82) is 0 Å². The molecule has 14 N–H and O–H groups in total. The van der Waals surface area contributed by atoms with E-state index >= 15 is 0 Å². The molecule has 206 valence electrons. The summed E-state index contributed by atoms with van der Waals surface area (Å²) in [7, 11) is 0. The third-order valence-electron chi connectivity index (χ3n) is 5.22. The van der Waals surface area contributed by atoms with Gasteiger partial charge in [-0.3, -0.25) is 24.0 Å². The number of aliphatic carboxylic acids is 1. The zero-order valence-electron chi connectivity index (χ0n) is 20.4. The normalized spacial score (nSPS) is 14.1. The summed E-state index contributed by atoms with van der Waals surface area (Å²) in [5, 5.41) is 16.6. The zero-order valence-corrected chi connectivity index (χ0v) is 20.4. The number of carbonyl (C=O) groups is 6. The predicted molar refractivity (Wildman–Crippen MR) is 129 cm³/mol. The van der Waals surface area contributed by atoms with Crippen molar-refractivity contribution in [2.45, 2.75) is 82.0 Å². The number of hydrogen-bond donors (Lipinski definition) is 9. The maximum Gasteiger partial charge on any atom is 0.326 e. The van der Waals surface area contributed by atoms with Gasteiger partial charge in [-0.2, -0.15) is 0 Å². The molecule has 0 radical (unpaired) electrons. The van der Waals surface area contributed by atoms with Crippen molar-refractivity contribution in [1.82, 2.24) is 16.0 Å². The second kappa shape index (κ2) is 18.0. The Labute approximate surface area is 209 Å². The van der Waals surface area contributed by atoms with E-state index in [0.717, 1.165) is 0 Å². The van der Waals surface area contributed by atoms with E-state index in [1.54, 1.807) is 0 Å². The number of amides is 5. The Balaban J connectivity index is 5.48. The molecule has 0 rings (SSSR count). The number of carboxylic acids is 1. The molecule has 0 aromatic heterocycles. The van der Waals surface area contributed by atoms with Gasteiger partial charge in [-0.1, -0.05) is 0 Å². The van der Waals surface area contributed by atoms with Crippen LogP contribution in [0, 0.1) is 0 Å². The first-order valence-electron chi connectivity index (χ1n) is 11.8. The predicted octanol–water partition coefficient (Wildman–Crippen LogP) is -3.75. The van der Waals surface area contributed by atoms with Gasteiger partial charge >= 0.3 is 5.97 Å². The molecule has 36 heavy (non-hydrogen) atoms. The maximum absolute atomic E-state index is 12.9. The molecular weight excluding hydrogens is 476 g/mol. The molecule has 15 nitrogen and oxygen atoms in total. The third-order valence-corrected chi connectivity index (χ3v) is 5.22. The first-order chi connectivity index (χ1) is 16.9. The molecule has 0 aliphatic heterocycles. The molecule has 0 aromatic rings. The van der Waals surface area contributed by atoms with Gasteiger partial charge in [0.25, 0.3) is 0 Å². The Morgan fingerprint density at radius 1 is 0.639 bits per heavy atom. The number of nitrogens with one attached hydrogen (secondary N) is 3. The molecule has 0 bridgehead atoms. The summed E-state index contributed by atoms with van der Waals surface area (Å²) in [6.45, 7) is 0.708. The van der Waals surface area contributed by atoms with Crippen molar-refractivity contribution in [3.8, 4) is 0 Å². The number of hydrogen-bond acceptors (Lipinski definition) is 9. The quantitative estimate of drug-likeness (QED) is 0.0712. The van der Waals surface area contributed by atoms with E-state index in [9.17, 15) is 33.9 Å². The minimum absolute atomic E-state index is 0.0864. The summed E-state index contributed by atoms with van der Waals surface area (Å²) in [5.41, 5.74) is 26.9. The monoisotopic (exact) mass is 516 g/mol. The topological polar surface area (TPSA) is 289 Å². The van der Waals surface area contributed by atoms with E-state index in [-0.39, 0.29) is 25.7 Å². The van der Waals surface area contributed by atoms with Crippen LogP contribution in [0.4, 0.5) is 0 Å². The highest BCUT2D eigenvalue weighted by atomic mass is 16.4. The summed E-state index contributed by atoms with van der Waals surface area (Å²) in [6.07, 6.45) is 1.45. The Bertz CT molecular complexity index is 765. The van der Waals surface area contributed by atoms with Gasteiger partial charge in [-0.25, -0.2) is 4.79 Å². The molecule has 0 fully saturated rings. The Hall–Kier alpha value is -3.30. The van der Waals surface area contributed by atoms with E-state index in [0.29, 0.717) is 38.8 Å². The van der Waals surface area contributed by atoms with Crippen LogP contribution in [0.15, 0.2) is 0 Å². The molecule has 15 heteroatoms.